The number of sulfonamides is 1. The zero-order valence-electron chi connectivity index (χ0n) is 10.5. The van der Waals surface area contributed by atoms with Crippen molar-refractivity contribution in [1.82, 2.24) is 0 Å². The van der Waals surface area contributed by atoms with E-state index in [1.54, 1.807) is 18.2 Å². The fourth-order valence-electron chi connectivity index (χ4n) is 1.49. The summed E-state index contributed by atoms with van der Waals surface area (Å²) in [5, 5.41) is 5.17. The van der Waals surface area contributed by atoms with Gasteiger partial charge in [0.15, 0.2) is 0 Å². The van der Waals surface area contributed by atoms with Crippen molar-refractivity contribution in [1.29, 1.82) is 0 Å². The van der Waals surface area contributed by atoms with E-state index in [4.69, 9.17) is 10.9 Å². The molecule has 0 aliphatic carbocycles. The quantitative estimate of drug-likeness (QED) is 0.853. The van der Waals surface area contributed by atoms with E-state index in [1.807, 2.05) is 20.8 Å². The largest absolute Gasteiger partial charge is 0.327 e. The molecule has 5 heteroatoms. The average molecular weight is 256 g/mol. The van der Waals surface area contributed by atoms with Gasteiger partial charge in [0, 0.05) is 6.04 Å². The molecule has 4 N–H and O–H groups in total. The van der Waals surface area contributed by atoms with Gasteiger partial charge in [0.25, 0.3) is 0 Å². The Morgan fingerprint density at radius 3 is 2.24 bits per heavy atom. The Labute approximate surface area is 103 Å². The van der Waals surface area contributed by atoms with Crippen LogP contribution in [0.5, 0.6) is 0 Å². The molecule has 0 heterocycles. The van der Waals surface area contributed by atoms with Crippen molar-refractivity contribution in [2.24, 2.45) is 16.3 Å². The molecule has 0 aliphatic heterocycles. The van der Waals surface area contributed by atoms with Crippen molar-refractivity contribution >= 4 is 10.0 Å². The van der Waals surface area contributed by atoms with E-state index in [-0.39, 0.29) is 16.4 Å². The molecule has 0 fully saturated rings. The van der Waals surface area contributed by atoms with Gasteiger partial charge in [-0.15, -0.1) is 0 Å². The van der Waals surface area contributed by atoms with Crippen LogP contribution in [0.1, 0.15) is 26.3 Å². The molecule has 1 rings (SSSR count). The van der Waals surface area contributed by atoms with Crippen LogP contribution in [0.15, 0.2) is 29.2 Å². The first-order valence-electron chi connectivity index (χ1n) is 5.48. The van der Waals surface area contributed by atoms with Gasteiger partial charge >= 0.3 is 0 Å². The van der Waals surface area contributed by atoms with E-state index >= 15 is 0 Å². The third-order valence-electron chi connectivity index (χ3n) is 2.83. The third-order valence-corrected chi connectivity index (χ3v) is 3.84. The standard InChI is InChI=1S/C12H20N2O2S/c1-12(2,3)11(13)8-9-6-4-5-7-10(9)17(14,15)16/h4-7,11H,8,13H2,1-3H3,(H2,14,15,16). The van der Waals surface area contributed by atoms with Crippen molar-refractivity contribution in [3.05, 3.63) is 29.8 Å². The Hall–Kier alpha value is -0.910. The Morgan fingerprint density at radius 1 is 1.24 bits per heavy atom. The highest BCUT2D eigenvalue weighted by Gasteiger charge is 2.23. The molecule has 0 amide bonds. The molecule has 1 unspecified atom stereocenters. The first-order valence-corrected chi connectivity index (χ1v) is 7.03. The first kappa shape index (κ1) is 14.2. The van der Waals surface area contributed by atoms with Crippen LogP contribution >= 0.6 is 0 Å². The molecule has 1 aromatic rings. The van der Waals surface area contributed by atoms with Crippen molar-refractivity contribution in [2.45, 2.75) is 38.1 Å². The van der Waals surface area contributed by atoms with Crippen molar-refractivity contribution in [3.63, 3.8) is 0 Å². The fourth-order valence-corrected chi connectivity index (χ4v) is 2.28. The van der Waals surface area contributed by atoms with Gasteiger partial charge in [0.05, 0.1) is 4.90 Å². The van der Waals surface area contributed by atoms with Gasteiger partial charge in [-0.05, 0) is 23.5 Å². The predicted molar refractivity (Wildman–Crippen MR) is 68.9 cm³/mol. The number of nitrogens with two attached hydrogens (primary N) is 2. The maximum atomic E-state index is 11.4. The lowest BCUT2D eigenvalue weighted by Crippen LogP contribution is -2.37. The summed E-state index contributed by atoms with van der Waals surface area (Å²) >= 11 is 0. The fraction of sp³-hybridized carbons (Fsp3) is 0.500. The maximum absolute atomic E-state index is 11.4. The van der Waals surface area contributed by atoms with E-state index in [9.17, 15) is 8.42 Å². The summed E-state index contributed by atoms with van der Waals surface area (Å²) in [6, 6.07) is 6.60. The molecule has 0 saturated heterocycles. The maximum Gasteiger partial charge on any atom is 0.238 e. The molecule has 0 saturated carbocycles. The van der Waals surface area contributed by atoms with Crippen LogP contribution in [-0.4, -0.2) is 14.5 Å². The lowest BCUT2D eigenvalue weighted by molar-refractivity contribution is 0.317. The summed E-state index contributed by atoms with van der Waals surface area (Å²) in [6.07, 6.45) is 0.496. The van der Waals surface area contributed by atoms with Crippen molar-refractivity contribution < 1.29 is 8.42 Å². The second-order valence-electron chi connectivity index (χ2n) is 5.33. The molecule has 1 atom stereocenters. The Morgan fingerprint density at radius 2 is 1.76 bits per heavy atom. The van der Waals surface area contributed by atoms with E-state index in [0.717, 1.165) is 0 Å². The zero-order chi connectivity index (χ0) is 13.3. The van der Waals surface area contributed by atoms with Crippen LogP contribution in [0.3, 0.4) is 0 Å². The Balaban J connectivity index is 3.09. The van der Waals surface area contributed by atoms with Gasteiger partial charge in [0.2, 0.25) is 10.0 Å². The highest BCUT2D eigenvalue weighted by molar-refractivity contribution is 7.89. The van der Waals surface area contributed by atoms with Crippen LogP contribution in [-0.2, 0) is 16.4 Å². The number of hydrogen-bond acceptors (Lipinski definition) is 3. The minimum Gasteiger partial charge on any atom is -0.327 e. The van der Waals surface area contributed by atoms with Crippen LogP contribution < -0.4 is 10.9 Å². The number of hydrogen-bond donors (Lipinski definition) is 2. The first-order chi connectivity index (χ1) is 7.62. The van der Waals surface area contributed by atoms with Gasteiger partial charge in [0.1, 0.15) is 0 Å². The van der Waals surface area contributed by atoms with Gasteiger partial charge in [-0.1, -0.05) is 39.0 Å². The topological polar surface area (TPSA) is 86.2 Å². The van der Waals surface area contributed by atoms with E-state index in [1.165, 1.54) is 6.07 Å². The average Bonchev–Trinajstić information content (AvgIpc) is 2.15. The molecule has 0 aromatic heterocycles. The predicted octanol–water partition coefficient (Wildman–Crippen LogP) is 1.25. The van der Waals surface area contributed by atoms with Gasteiger partial charge in [-0.25, -0.2) is 13.6 Å². The van der Waals surface area contributed by atoms with E-state index < -0.39 is 10.0 Å². The van der Waals surface area contributed by atoms with Gasteiger partial charge < -0.3 is 5.73 Å². The molecule has 0 spiro atoms. The van der Waals surface area contributed by atoms with Gasteiger partial charge in [-0.3, -0.25) is 0 Å². The molecule has 1 aromatic carbocycles. The molecular weight excluding hydrogens is 236 g/mol. The van der Waals surface area contributed by atoms with Crippen molar-refractivity contribution in [3.8, 4) is 0 Å². The van der Waals surface area contributed by atoms with Crippen LogP contribution in [0.25, 0.3) is 0 Å². The number of benzene rings is 1. The summed E-state index contributed by atoms with van der Waals surface area (Å²) in [7, 11) is -3.68. The van der Waals surface area contributed by atoms with Crippen LogP contribution in [0.4, 0.5) is 0 Å². The van der Waals surface area contributed by atoms with Gasteiger partial charge in [-0.2, -0.15) is 0 Å². The van der Waals surface area contributed by atoms with E-state index in [2.05, 4.69) is 0 Å². The highest BCUT2D eigenvalue weighted by atomic mass is 32.2. The van der Waals surface area contributed by atoms with Crippen molar-refractivity contribution in [2.75, 3.05) is 0 Å². The number of primary sulfonamides is 1. The molecule has 0 radical (unpaired) electrons. The molecule has 96 valence electrons. The van der Waals surface area contributed by atoms with Crippen LogP contribution in [0, 0.1) is 5.41 Å². The second-order valence-corrected chi connectivity index (χ2v) is 6.86. The molecule has 0 bridgehead atoms. The summed E-state index contributed by atoms with van der Waals surface area (Å²) in [5.41, 5.74) is 6.66. The molecule has 17 heavy (non-hydrogen) atoms. The minimum atomic E-state index is -3.68. The van der Waals surface area contributed by atoms with E-state index in [0.29, 0.717) is 12.0 Å². The van der Waals surface area contributed by atoms with Crippen LogP contribution in [0.2, 0.25) is 0 Å². The second kappa shape index (κ2) is 4.76. The smallest absolute Gasteiger partial charge is 0.238 e. The summed E-state index contributed by atoms with van der Waals surface area (Å²) in [5.74, 6) is 0. The molecule has 0 aliphatic rings. The SMILES string of the molecule is CC(C)(C)C(N)Cc1ccccc1S(N)(=O)=O. The Bertz CT molecular complexity index is 489. The Kier molecular flexibility index (Phi) is 3.96. The normalized spacial score (nSPS) is 14.6. The molecule has 4 nitrogen and oxygen atoms in total. The summed E-state index contributed by atoms with van der Waals surface area (Å²) < 4.78 is 22.8. The zero-order valence-corrected chi connectivity index (χ0v) is 11.3. The lowest BCUT2D eigenvalue weighted by atomic mass is 9.84. The third kappa shape index (κ3) is 3.80. The monoisotopic (exact) mass is 256 g/mol. The lowest BCUT2D eigenvalue weighted by Gasteiger charge is -2.27. The summed E-state index contributed by atoms with van der Waals surface area (Å²) in [4.78, 5) is 0.166. The summed E-state index contributed by atoms with van der Waals surface area (Å²) in [6.45, 7) is 6.08. The number of rotatable bonds is 3. The molecular formula is C12H20N2O2S. The highest BCUT2D eigenvalue weighted by Crippen LogP contribution is 2.23. The minimum absolute atomic E-state index is 0.0779.